The maximum Gasteiger partial charge on any atom is 0.344 e. The van der Waals surface area contributed by atoms with Crippen molar-refractivity contribution in [2.75, 3.05) is 11.9 Å². The molecule has 1 aromatic heterocycles. The van der Waals surface area contributed by atoms with Crippen molar-refractivity contribution >= 4 is 22.6 Å². The van der Waals surface area contributed by atoms with E-state index in [0.717, 1.165) is 22.9 Å². The van der Waals surface area contributed by atoms with Crippen molar-refractivity contribution in [1.82, 2.24) is 0 Å². The smallest absolute Gasteiger partial charge is 0.344 e. The zero-order valence-electron chi connectivity index (χ0n) is 17.5. The molecule has 1 amide bonds. The molecular weight excluding hydrogens is 390 g/mol. The van der Waals surface area contributed by atoms with Crippen LogP contribution in [0.4, 0.5) is 5.69 Å². The predicted octanol–water partition coefficient (Wildman–Crippen LogP) is 5.35. The molecule has 5 nitrogen and oxygen atoms in total. The van der Waals surface area contributed by atoms with Crippen LogP contribution in [0.3, 0.4) is 0 Å². The zero-order chi connectivity index (χ0) is 21.8. The number of hydrogen-bond acceptors (Lipinski definition) is 4. The minimum absolute atomic E-state index is 0.0828. The number of anilines is 1. The summed E-state index contributed by atoms with van der Waals surface area (Å²) in [7, 11) is 0. The highest BCUT2D eigenvalue weighted by molar-refractivity contribution is 5.92. The largest absolute Gasteiger partial charge is 0.484 e. The van der Waals surface area contributed by atoms with E-state index >= 15 is 0 Å². The number of fused-ring (bicyclic) bond motifs is 1. The van der Waals surface area contributed by atoms with Gasteiger partial charge in [-0.25, -0.2) is 4.79 Å². The Morgan fingerprint density at radius 1 is 0.968 bits per heavy atom. The number of aryl methyl sites for hydroxylation is 2. The van der Waals surface area contributed by atoms with Crippen LogP contribution in [-0.4, -0.2) is 12.5 Å². The fraction of sp³-hybridized carbons (Fsp3) is 0.154. The third-order valence-corrected chi connectivity index (χ3v) is 5.14. The Bertz CT molecular complexity index is 1290. The van der Waals surface area contributed by atoms with Gasteiger partial charge in [0, 0.05) is 11.1 Å². The summed E-state index contributed by atoms with van der Waals surface area (Å²) in [6, 6.07) is 22.3. The van der Waals surface area contributed by atoms with Crippen LogP contribution in [0.2, 0.25) is 0 Å². The molecular formula is C26H23NO4. The summed E-state index contributed by atoms with van der Waals surface area (Å²) in [4.78, 5) is 24.7. The molecule has 5 heteroatoms. The molecule has 156 valence electrons. The number of ether oxygens (including phenoxy) is 1. The Hall–Kier alpha value is -3.86. The minimum Gasteiger partial charge on any atom is -0.484 e. The average molecular weight is 413 g/mol. The Kier molecular flexibility index (Phi) is 5.85. The van der Waals surface area contributed by atoms with Gasteiger partial charge in [0.05, 0.1) is 5.56 Å². The van der Waals surface area contributed by atoms with E-state index in [4.69, 9.17) is 9.15 Å². The van der Waals surface area contributed by atoms with Crippen LogP contribution in [0.1, 0.15) is 18.1 Å². The standard InChI is InChI=1S/C26H23NO4/c1-3-18-8-11-21(12-9-18)30-16-25(28)27-20-10-13-22(17(2)14-20)23-15-19-6-4-5-7-24(19)31-26(23)29/h4-15H,3,16H2,1-2H3,(H,27,28). The number of carbonyl (C=O) groups excluding carboxylic acids is 1. The van der Waals surface area contributed by atoms with Gasteiger partial charge in [0.2, 0.25) is 0 Å². The van der Waals surface area contributed by atoms with E-state index < -0.39 is 0 Å². The number of amides is 1. The van der Waals surface area contributed by atoms with Crippen molar-refractivity contribution < 1.29 is 13.9 Å². The monoisotopic (exact) mass is 413 g/mol. The highest BCUT2D eigenvalue weighted by atomic mass is 16.5. The van der Waals surface area contributed by atoms with Crippen molar-refractivity contribution in [3.8, 4) is 16.9 Å². The Balaban J connectivity index is 1.46. The molecule has 0 saturated carbocycles. The lowest BCUT2D eigenvalue weighted by atomic mass is 10.0. The first kappa shape index (κ1) is 20.4. The van der Waals surface area contributed by atoms with Crippen molar-refractivity contribution in [2.45, 2.75) is 20.3 Å². The summed E-state index contributed by atoms with van der Waals surface area (Å²) in [6.07, 6.45) is 0.956. The van der Waals surface area contributed by atoms with Crippen LogP contribution < -0.4 is 15.7 Å². The lowest BCUT2D eigenvalue weighted by Crippen LogP contribution is -2.20. The van der Waals surface area contributed by atoms with Crippen molar-refractivity contribution in [1.29, 1.82) is 0 Å². The van der Waals surface area contributed by atoms with Gasteiger partial charge >= 0.3 is 5.63 Å². The van der Waals surface area contributed by atoms with Crippen LogP contribution in [0.15, 0.2) is 82.0 Å². The highest BCUT2D eigenvalue weighted by Crippen LogP contribution is 2.26. The second-order valence-electron chi connectivity index (χ2n) is 7.35. The number of rotatable bonds is 6. The average Bonchev–Trinajstić information content (AvgIpc) is 2.78. The normalized spacial score (nSPS) is 10.8. The van der Waals surface area contributed by atoms with E-state index in [1.54, 1.807) is 12.1 Å². The molecule has 0 aliphatic heterocycles. The van der Waals surface area contributed by atoms with Crippen LogP contribution >= 0.6 is 0 Å². The third kappa shape index (κ3) is 4.67. The van der Waals surface area contributed by atoms with Crippen molar-refractivity contribution in [2.24, 2.45) is 0 Å². The lowest BCUT2D eigenvalue weighted by molar-refractivity contribution is -0.118. The molecule has 0 radical (unpaired) electrons. The van der Waals surface area contributed by atoms with Crippen molar-refractivity contribution in [3.63, 3.8) is 0 Å². The molecule has 0 fully saturated rings. The van der Waals surface area contributed by atoms with E-state index in [2.05, 4.69) is 12.2 Å². The summed E-state index contributed by atoms with van der Waals surface area (Å²) in [5, 5.41) is 3.69. The molecule has 0 saturated heterocycles. The van der Waals surface area contributed by atoms with Crippen LogP contribution in [0, 0.1) is 6.92 Å². The van der Waals surface area contributed by atoms with Gasteiger partial charge < -0.3 is 14.5 Å². The molecule has 0 spiro atoms. The number of carbonyl (C=O) groups is 1. The van der Waals surface area contributed by atoms with E-state index in [9.17, 15) is 9.59 Å². The molecule has 4 rings (SSSR count). The van der Waals surface area contributed by atoms with Gasteiger partial charge in [0.15, 0.2) is 6.61 Å². The molecule has 31 heavy (non-hydrogen) atoms. The first-order valence-corrected chi connectivity index (χ1v) is 10.2. The molecule has 0 aliphatic rings. The summed E-state index contributed by atoms with van der Waals surface area (Å²) in [5.74, 6) is 0.402. The first-order chi connectivity index (χ1) is 15.0. The van der Waals surface area contributed by atoms with Crippen molar-refractivity contribution in [3.05, 3.63) is 94.3 Å². The molecule has 1 N–H and O–H groups in total. The zero-order valence-corrected chi connectivity index (χ0v) is 17.5. The van der Waals surface area contributed by atoms with Gasteiger partial charge in [-0.1, -0.05) is 43.3 Å². The third-order valence-electron chi connectivity index (χ3n) is 5.14. The fourth-order valence-corrected chi connectivity index (χ4v) is 3.46. The van der Waals surface area contributed by atoms with Gasteiger partial charge in [0.1, 0.15) is 11.3 Å². The van der Waals surface area contributed by atoms with Gasteiger partial charge in [-0.15, -0.1) is 0 Å². The Labute approximate surface area is 180 Å². The Morgan fingerprint density at radius 2 is 1.74 bits per heavy atom. The molecule has 1 heterocycles. The van der Waals surface area contributed by atoms with E-state index in [1.165, 1.54) is 5.56 Å². The SMILES string of the molecule is CCc1ccc(OCC(=O)Nc2ccc(-c3cc4ccccc4oc3=O)c(C)c2)cc1. The van der Waals surface area contributed by atoms with Gasteiger partial charge in [-0.05, 0) is 66.4 Å². The molecule has 0 atom stereocenters. The highest BCUT2D eigenvalue weighted by Gasteiger charge is 2.12. The second kappa shape index (κ2) is 8.88. The molecule has 4 aromatic rings. The van der Waals surface area contributed by atoms with Gasteiger partial charge in [-0.3, -0.25) is 4.79 Å². The van der Waals surface area contributed by atoms with E-state index in [0.29, 0.717) is 22.6 Å². The minimum atomic E-state index is -0.388. The molecule has 0 unspecified atom stereocenters. The lowest BCUT2D eigenvalue weighted by Gasteiger charge is -2.11. The summed E-state index contributed by atoms with van der Waals surface area (Å²) in [6.45, 7) is 3.90. The summed E-state index contributed by atoms with van der Waals surface area (Å²) < 4.78 is 11.0. The van der Waals surface area contributed by atoms with Gasteiger partial charge in [-0.2, -0.15) is 0 Å². The second-order valence-corrected chi connectivity index (χ2v) is 7.35. The number of benzene rings is 3. The van der Waals surface area contributed by atoms with Crippen LogP contribution in [0.25, 0.3) is 22.1 Å². The summed E-state index contributed by atoms with van der Waals surface area (Å²) in [5.41, 5.74) is 4.14. The maximum absolute atomic E-state index is 12.5. The van der Waals surface area contributed by atoms with Crippen LogP contribution in [-0.2, 0) is 11.2 Å². The van der Waals surface area contributed by atoms with Crippen LogP contribution in [0.5, 0.6) is 5.75 Å². The quantitative estimate of drug-likeness (QED) is 0.433. The number of hydrogen-bond donors (Lipinski definition) is 1. The molecule has 3 aromatic carbocycles. The summed E-state index contributed by atoms with van der Waals surface area (Å²) >= 11 is 0. The predicted molar refractivity (Wildman–Crippen MR) is 123 cm³/mol. The van der Waals surface area contributed by atoms with Gasteiger partial charge in [0.25, 0.3) is 5.91 Å². The molecule has 0 aliphatic carbocycles. The molecule has 0 bridgehead atoms. The Morgan fingerprint density at radius 3 is 2.48 bits per heavy atom. The van der Waals surface area contributed by atoms with E-state index in [-0.39, 0.29) is 18.1 Å². The first-order valence-electron chi connectivity index (χ1n) is 10.2. The fourth-order valence-electron chi connectivity index (χ4n) is 3.46. The number of para-hydroxylation sites is 1. The van der Waals surface area contributed by atoms with E-state index in [1.807, 2.05) is 67.6 Å². The topological polar surface area (TPSA) is 68.5 Å². The number of nitrogens with one attached hydrogen (secondary N) is 1. The maximum atomic E-state index is 12.5.